The van der Waals surface area contributed by atoms with Crippen molar-refractivity contribution in [2.45, 2.75) is 44.6 Å². The van der Waals surface area contributed by atoms with Gasteiger partial charge in [0.05, 0.1) is 10.5 Å². The van der Waals surface area contributed by atoms with Gasteiger partial charge in [-0.2, -0.15) is 0 Å². The summed E-state index contributed by atoms with van der Waals surface area (Å²) < 4.78 is 0. The van der Waals surface area contributed by atoms with Gasteiger partial charge in [-0.25, -0.2) is 4.98 Å². The first-order valence-corrected chi connectivity index (χ1v) is 8.96. The highest BCUT2D eigenvalue weighted by molar-refractivity contribution is 5.98. The standard InChI is InChI=1S/C17H25N5O3/c18-16(23)15-9-14(22(24)25)10-19-17(15)20-13-5-7-21(8-6-13)11-12-3-1-2-4-12/h9-10,12-13H,1-8,11H2,(H2,18,23)(H,19,20). The van der Waals surface area contributed by atoms with Crippen LogP contribution in [0, 0.1) is 16.0 Å². The molecule has 136 valence electrons. The van der Waals surface area contributed by atoms with Crippen LogP contribution in [0.5, 0.6) is 0 Å². The molecule has 3 rings (SSSR count). The molecule has 2 heterocycles. The largest absolute Gasteiger partial charge is 0.367 e. The van der Waals surface area contributed by atoms with Gasteiger partial charge in [0.2, 0.25) is 0 Å². The summed E-state index contributed by atoms with van der Waals surface area (Å²) >= 11 is 0. The first-order valence-electron chi connectivity index (χ1n) is 8.96. The fourth-order valence-electron chi connectivity index (χ4n) is 3.87. The Labute approximate surface area is 146 Å². The number of carbonyl (C=O) groups excluding carboxylic acids is 1. The molecule has 0 bridgehead atoms. The number of pyridine rings is 1. The van der Waals surface area contributed by atoms with Gasteiger partial charge in [-0.3, -0.25) is 14.9 Å². The van der Waals surface area contributed by atoms with Gasteiger partial charge in [0, 0.05) is 31.7 Å². The highest BCUT2D eigenvalue weighted by Gasteiger charge is 2.25. The summed E-state index contributed by atoms with van der Waals surface area (Å²) in [6, 6.07) is 1.39. The van der Waals surface area contributed by atoms with E-state index in [1.54, 1.807) is 0 Å². The minimum absolute atomic E-state index is 0.0718. The number of hydrogen-bond acceptors (Lipinski definition) is 6. The third kappa shape index (κ3) is 4.45. The Morgan fingerprint density at radius 2 is 2.00 bits per heavy atom. The maximum atomic E-state index is 11.6. The lowest BCUT2D eigenvalue weighted by Gasteiger charge is -2.34. The number of piperidine rings is 1. The maximum Gasteiger partial charge on any atom is 0.288 e. The number of likely N-dealkylation sites (tertiary alicyclic amines) is 1. The minimum Gasteiger partial charge on any atom is -0.367 e. The second-order valence-corrected chi connectivity index (χ2v) is 7.08. The quantitative estimate of drug-likeness (QED) is 0.602. The topological polar surface area (TPSA) is 114 Å². The summed E-state index contributed by atoms with van der Waals surface area (Å²) in [5, 5.41) is 14.1. The van der Waals surface area contributed by atoms with Crippen LogP contribution in [0.15, 0.2) is 12.3 Å². The highest BCUT2D eigenvalue weighted by atomic mass is 16.6. The van der Waals surface area contributed by atoms with E-state index in [1.807, 2.05) is 0 Å². The summed E-state index contributed by atoms with van der Waals surface area (Å²) in [6.45, 7) is 3.23. The Bertz CT molecular complexity index is 637. The van der Waals surface area contributed by atoms with Gasteiger partial charge in [-0.15, -0.1) is 0 Å². The molecule has 8 heteroatoms. The number of nitrogens with zero attached hydrogens (tertiary/aromatic N) is 3. The van der Waals surface area contributed by atoms with E-state index in [0.29, 0.717) is 5.82 Å². The Balaban J connectivity index is 1.58. The van der Waals surface area contributed by atoms with E-state index in [1.165, 1.54) is 38.3 Å². The number of nitrogens with one attached hydrogen (secondary N) is 1. The molecule has 25 heavy (non-hydrogen) atoms. The third-order valence-corrected chi connectivity index (χ3v) is 5.27. The van der Waals surface area contributed by atoms with Crippen molar-refractivity contribution < 1.29 is 9.72 Å². The van der Waals surface area contributed by atoms with Crippen molar-refractivity contribution in [2.24, 2.45) is 11.7 Å². The van der Waals surface area contributed by atoms with Crippen LogP contribution in [0.1, 0.15) is 48.9 Å². The summed E-state index contributed by atoms with van der Waals surface area (Å²) in [5.41, 5.74) is 5.19. The zero-order valence-corrected chi connectivity index (χ0v) is 14.3. The van der Waals surface area contributed by atoms with Crippen LogP contribution in [-0.2, 0) is 0 Å². The second kappa shape index (κ2) is 7.77. The van der Waals surface area contributed by atoms with Gasteiger partial charge in [-0.05, 0) is 31.6 Å². The van der Waals surface area contributed by atoms with Crippen LogP contribution in [0.4, 0.5) is 11.5 Å². The molecule has 2 aliphatic rings. The first-order chi connectivity index (χ1) is 12.0. The van der Waals surface area contributed by atoms with Crippen LogP contribution >= 0.6 is 0 Å². The van der Waals surface area contributed by atoms with Crippen molar-refractivity contribution in [2.75, 3.05) is 25.0 Å². The van der Waals surface area contributed by atoms with Gasteiger partial charge in [0.1, 0.15) is 12.0 Å². The zero-order chi connectivity index (χ0) is 17.8. The van der Waals surface area contributed by atoms with Gasteiger partial charge < -0.3 is 16.0 Å². The van der Waals surface area contributed by atoms with Crippen LogP contribution in [0.25, 0.3) is 0 Å². The predicted octanol–water partition coefficient (Wildman–Crippen LogP) is 2.16. The average Bonchev–Trinajstić information content (AvgIpc) is 3.09. The Hall–Kier alpha value is -2.22. The van der Waals surface area contributed by atoms with Crippen molar-refractivity contribution >= 4 is 17.4 Å². The lowest BCUT2D eigenvalue weighted by atomic mass is 10.0. The Kier molecular flexibility index (Phi) is 5.47. The van der Waals surface area contributed by atoms with Crippen LogP contribution in [0.2, 0.25) is 0 Å². The predicted molar refractivity (Wildman–Crippen MR) is 94.5 cm³/mol. The van der Waals surface area contributed by atoms with E-state index in [9.17, 15) is 14.9 Å². The van der Waals surface area contributed by atoms with Crippen LogP contribution in [-0.4, -0.2) is 46.4 Å². The lowest BCUT2D eigenvalue weighted by Crippen LogP contribution is -2.41. The summed E-state index contributed by atoms with van der Waals surface area (Å²) in [4.78, 5) is 28.4. The Morgan fingerprint density at radius 3 is 2.60 bits per heavy atom. The van der Waals surface area contributed by atoms with E-state index in [4.69, 9.17) is 5.73 Å². The number of carbonyl (C=O) groups is 1. The van der Waals surface area contributed by atoms with Crippen molar-refractivity contribution in [3.63, 3.8) is 0 Å². The molecule has 0 radical (unpaired) electrons. The summed E-state index contributed by atoms with van der Waals surface area (Å²) in [5.74, 6) is 0.479. The van der Waals surface area contributed by atoms with Crippen molar-refractivity contribution in [1.29, 1.82) is 0 Å². The number of amides is 1. The number of rotatable bonds is 6. The number of aromatic nitrogens is 1. The van der Waals surface area contributed by atoms with Gasteiger partial charge in [-0.1, -0.05) is 12.8 Å². The van der Waals surface area contributed by atoms with Crippen molar-refractivity contribution in [1.82, 2.24) is 9.88 Å². The van der Waals surface area contributed by atoms with Gasteiger partial charge >= 0.3 is 0 Å². The number of hydrogen-bond donors (Lipinski definition) is 2. The van der Waals surface area contributed by atoms with Gasteiger partial charge in [0.15, 0.2) is 0 Å². The van der Waals surface area contributed by atoms with E-state index >= 15 is 0 Å². The first kappa shape index (κ1) is 17.6. The molecule has 0 spiro atoms. The SMILES string of the molecule is NC(=O)c1cc([N+](=O)[O-])cnc1NC1CCN(CC2CCCC2)CC1. The van der Waals surface area contributed by atoms with Crippen LogP contribution in [0.3, 0.4) is 0 Å². The zero-order valence-electron chi connectivity index (χ0n) is 14.3. The summed E-state index contributed by atoms with van der Waals surface area (Å²) in [6.07, 6.45) is 8.52. The number of nitro groups is 1. The van der Waals surface area contributed by atoms with E-state index in [-0.39, 0.29) is 17.3 Å². The van der Waals surface area contributed by atoms with E-state index < -0.39 is 10.8 Å². The summed E-state index contributed by atoms with van der Waals surface area (Å²) in [7, 11) is 0. The molecule has 1 aromatic heterocycles. The molecular formula is C17H25N5O3. The molecule has 1 aromatic rings. The maximum absolute atomic E-state index is 11.6. The monoisotopic (exact) mass is 347 g/mol. The highest BCUT2D eigenvalue weighted by Crippen LogP contribution is 2.27. The van der Waals surface area contributed by atoms with Crippen LogP contribution < -0.4 is 11.1 Å². The number of primary amides is 1. The van der Waals surface area contributed by atoms with Crippen molar-refractivity contribution in [3.05, 3.63) is 27.9 Å². The molecule has 3 N–H and O–H groups in total. The molecular weight excluding hydrogens is 322 g/mol. The fraction of sp³-hybridized carbons (Fsp3) is 0.647. The molecule has 2 fully saturated rings. The van der Waals surface area contributed by atoms with Crippen molar-refractivity contribution in [3.8, 4) is 0 Å². The number of nitrogens with two attached hydrogens (primary N) is 1. The molecule has 1 amide bonds. The normalized spacial score (nSPS) is 19.8. The fourth-order valence-corrected chi connectivity index (χ4v) is 3.87. The second-order valence-electron chi connectivity index (χ2n) is 7.08. The smallest absolute Gasteiger partial charge is 0.288 e. The van der Waals surface area contributed by atoms with Gasteiger partial charge in [0.25, 0.3) is 11.6 Å². The number of anilines is 1. The molecule has 0 atom stereocenters. The molecule has 1 aliphatic carbocycles. The van der Waals surface area contributed by atoms with E-state index in [2.05, 4.69) is 15.2 Å². The molecule has 0 aromatic carbocycles. The third-order valence-electron chi connectivity index (χ3n) is 5.27. The molecule has 1 aliphatic heterocycles. The molecule has 8 nitrogen and oxygen atoms in total. The molecule has 1 saturated heterocycles. The molecule has 1 saturated carbocycles. The van der Waals surface area contributed by atoms with E-state index in [0.717, 1.165) is 38.0 Å². The minimum atomic E-state index is -0.711. The molecule has 0 unspecified atom stereocenters. The Morgan fingerprint density at radius 1 is 1.32 bits per heavy atom. The average molecular weight is 347 g/mol. The lowest BCUT2D eigenvalue weighted by molar-refractivity contribution is -0.385.